The van der Waals surface area contributed by atoms with Gasteiger partial charge < -0.3 is 14.7 Å². The van der Waals surface area contributed by atoms with Crippen molar-refractivity contribution < 1.29 is 23.0 Å². The van der Waals surface area contributed by atoms with E-state index in [0.717, 1.165) is 6.92 Å². The molecule has 0 saturated heterocycles. The zero-order valence-corrected chi connectivity index (χ0v) is 13.7. The van der Waals surface area contributed by atoms with Crippen molar-refractivity contribution in [2.45, 2.75) is 19.2 Å². The van der Waals surface area contributed by atoms with Crippen molar-refractivity contribution in [1.82, 2.24) is 19.9 Å². The molecule has 0 aromatic carbocycles. The van der Waals surface area contributed by atoms with Gasteiger partial charge in [-0.2, -0.15) is 23.1 Å². The van der Waals surface area contributed by atoms with Crippen LogP contribution in [0, 0.1) is 0 Å². The van der Waals surface area contributed by atoms with Crippen LogP contribution in [0.25, 0.3) is 16.6 Å². The summed E-state index contributed by atoms with van der Waals surface area (Å²) < 4.78 is 42.7. The van der Waals surface area contributed by atoms with Gasteiger partial charge in [-0.1, -0.05) is 0 Å². The van der Waals surface area contributed by atoms with Crippen molar-refractivity contribution in [2.75, 3.05) is 14.1 Å². The predicted octanol–water partition coefficient (Wildman–Crippen LogP) is 2.62. The van der Waals surface area contributed by atoms with E-state index in [4.69, 9.17) is 4.74 Å². The number of pyridine rings is 1. The largest absolute Gasteiger partial charge is 0.493 e. The summed E-state index contributed by atoms with van der Waals surface area (Å²) in [5.74, 6) is -0.522. The molecular weight excluding hydrogens is 339 g/mol. The van der Waals surface area contributed by atoms with Crippen molar-refractivity contribution in [2.24, 2.45) is 4.99 Å². The molecule has 0 fully saturated rings. The maximum Gasteiger partial charge on any atom is 0.425 e. The molecule has 0 aliphatic rings. The molecule has 2 heterocycles. The first kappa shape index (κ1) is 18.4. The van der Waals surface area contributed by atoms with E-state index in [1.54, 1.807) is 25.2 Å². The number of ether oxygens (including phenoxy) is 1. The fraction of sp³-hybridized carbons (Fsp3) is 0.333. The van der Waals surface area contributed by atoms with Crippen molar-refractivity contribution in [3.63, 3.8) is 0 Å². The van der Waals surface area contributed by atoms with Gasteiger partial charge in [0.25, 0.3) is 0 Å². The van der Waals surface area contributed by atoms with Gasteiger partial charge in [-0.15, -0.1) is 0 Å². The SMILES string of the molecule is C=N/C(=C\N(C)C)c1nccc2c(O)nc(OC(C)C(F)(F)F)nc12. The Hall–Kier alpha value is -2.91. The number of alkyl halides is 3. The van der Waals surface area contributed by atoms with Gasteiger partial charge in [-0.25, -0.2) is 0 Å². The molecule has 0 saturated carbocycles. The van der Waals surface area contributed by atoms with Crippen LogP contribution in [0.5, 0.6) is 11.9 Å². The number of aromatic hydroxyl groups is 1. The first-order valence-electron chi connectivity index (χ1n) is 7.08. The molecule has 1 atom stereocenters. The van der Waals surface area contributed by atoms with Gasteiger partial charge >= 0.3 is 12.2 Å². The second-order valence-electron chi connectivity index (χ2n) is 5.32. The Morgan fingerprint density at radius 3 is 2.64 bits per heavy atom. The van der Waals surface area contributed by atoms with Crippen molar-refractivity contribution in [3.8, 4) is 11.9 Å². The standard InChI is InChI=1S/C15H16F3N5O2/c1-8(15(16,17)18)25-14-21-11-9(13(24)22-14)5-6-20-12(11)10(19-2)7-23(3)4/h5-8H,2H2,1,3-4H3,(H,21,22,24)/b10-7-. The van der Waals surface area contributed by atoms with Gasteiger partial charge in [-0.3, -0.25) is 9.98 Å². The predicted molar refractivity (Wildman–Crippen MR) is 86.4 cm³/mol. The third kappa shape index (κ3) is 4.14. The van der Waals surface area contributed by atoms with E-state index in [1.165, 1.54) is 12.3 Å². The summed E-state index contributed by atoms with van der Waals surface area (Å²) in [5, 5.41) is 10.2. The Morgan fingerprint density at radius 1 is 1.40 bits per heavy atom. The Bertz CT molecular complexity index is 821. The highest BCUT2D eigenvalue weighted by molar-refractivity contribution is 5.92. The second-order valence-corrected chi connectivity index (χ2v) is 5.32. The summed E-state index contributed by atoms with van der Waals surface area (Å²) in [7, 11) is 3.50. The van der Waals surface area contributed by atoms with Crippen LogP contribution in [0.4, 0.5) is 13.2 Å². The van der Waals surface area contributed by atoms with Gasteiger partial charge in [0, 0.05) is 26.5 Å². The third-order valence-electron chi connectivity index (χ3n) is 3.11. The van der Waals surface area contributed by atoms with E-state index in [1.807, 2.05) is 0 Å². The lowest BCUT2D eigenvalue weighted by atomic mass is 10.2. The monoisotopic (exact) mass is 355 g/mol. The number of hydrogen-bond acceptors (Lipinski definition) is 7. The number of fused-ring (bicyclic) bond motifs is 1. The molecule has 2 aromatic rings. The van der Waals surface area contributed by atoms with Crippen LogP contribution in [-0.2, 0) is 0 Å². The van der Waals surface area contributed by atoms with E-state index >= 15 is 0 Å². The minimum Gasteiger partial charge on any atom is -0.493 e. The quantitative estimate of drug-likeness (QED) is 0.830. The molecule has 2 rings (SSSR count). The maximum absolute atomic E-state index is 12.7. The number of halogens is 3. The zero-order valence-electron chi connectivity index (χ0n) is 13.7. The fourth-order valence-corrected chi connectivity index (χ4v) is 1.91. The smallest absolute Gasteiger partial charge is 0.425 e. The average Bonchev–Trinajstić information content (AvgIpc) is 2.51. The molecule has 0 bridgehead atoms. The number of aromatic nitrogens is 3. The third-order valence-corrected chi connectivity index (χ3v) is 3.11. The molecule has 0 aliphatic heterocycles. The number of hydrogen-bond donors (Lipinski definition) is 1. The maximum atomic E-state index is 12.7. The summed E-state index contributed by atoms with van der Waals surface area (Å²) in [5.41, 5.74) is 0.645. The van der Waals surface area contributed by atoms with Crippen LogP contribution in [0.1, 0.15) is 12.6 Å². The minimum atomic E-state index is -4.59. The Balaban J connectivity index is 2.61. The molecule has 1 unspecified atom stereocenters. The molecule has 134 valence electrons. The van der Waals surface area contributed by atoms with Gasteiger partial charge in [0.2, 0.25) is 5.88 Å². The van der Waals surface area contributed by atoms with Crippen LogP contribution < -0.4 is 4.74 Å². The first-order valence-corrected chi connectivity index (χ1v) is 7.08. The van der Waals surface area contributed by atoms with Gasteiger partial charge in [-0.05, 0) is 19.7 Å². The fourth-order valence-electron chi connectivity index (χ4n) is 1.91. The molecule has 0 spiro atoms. The van der Waals surface area contributed by atoms with E-state index in [2.05, 4.69) is 26.7 Å². The number of rotatable bonds is 5. The lowest BCUT2D eigenvalue weighted by Crippen LogP contribution is -2.31. The van der Waals surface area contributed by atoms with Crippen molar-refractivity contribution >= 4 is 23.3 Å². The average molecular weight is 355 g/mol. The summed E-state index contributed by atoms with van der Waals surface area (Å²) >= 11 is 0. The molecule has 1 N–H and O–H groups in total. The Morgan fingerprint density at radius 2 is 2.08 bits per heavy atom. The summed E-state index contributed by atoms with van der Waals surface area (Å²) in [6.45, 7) is 4.27. The molecule has 0 aliphatic carbocycles. The second kappa shape index (κ2) is 6.91. The highest BCUT2D eigenvalue weighted by Gasteiger charge is 2.38. The molecule has 7 nitrogen and oxygen atoms in total. The summed E-state index contributed by atoms with van der Waals surface area (Å²) in [4.78, 5) is 17.2. The molecule has 0 amide bonds. The first-order chi connectivity index (χ1) is 11.6. The summed E-state index contributed by atoms with van der Waals surface area (Å²) in [6, 6.07) is 0.818. The zero-order chi connectivity index (χ0) is 18.8. The highest BCUT2D eigenvalue weighted by Crippen LogP contribution is 2.30. The number of aliphatic imine (C=N–C) groups is 1. The van der Waals surface area contributed by atoms with Gasteiger partial charge in [0.05, 0.1) is 5.39 Å². The van der Waals surface area contributed by atoms with Crippen LogP contribution in [0.3, 0.4) is 0 Å². The molecule has 0 radical (unpaired) electrons. The molecular formula is C15H16F3N5O2. The van der Waals surface area contributed by atoms with E-state index in [9.17, 15) is 18.3 Å². The molecule has 2 aromatic heterocycles. The minimum absolute atomic E-state index is 0.0971. The van der Waals surface area contributed by atoms with Crippen LogP contribution in [0.2, 0.25) is 0 Å². The lowest BCUT2D eigenvalue weighted by molar-refractivity contribution is -0.190. The normalized spacial score (nSPS) is 13.6. The highest BCUT2D eigenvalue weighted by atomic mass is 19.4. The topological polar surface area (TPSA) is 83.7 Å². The van der Waals surface area contributed by atoms with Gasteiger partial charge in [0.1, 0.15) is 16.9 Å². The van der Waals surface area contributed by atoms with Gasteiger partial charge in [0.15, 0.2) is 6.10 Å². The molecule has 25 heavy (non-hydrogen) atoms. The Labute approximate surface area is 141 Å². The van der Waals surface area contributed by atoms with Crippen LogP contribution >= 0.6 is 0 Å². The van der Waals surface area contributed by atoms with Crippen molar-refractivity contribution in [1.29, 1.82) is 0 Å². The van der Waals surface area contributed by atoms with Crippen LogP contribution in [0.15, 0.2) is 23.5 Å². The number of nitrogens with zero attached hydrogens (tertiary/aromatic N) is 5. The van der Waals surface area contributed by atoms with E-state index in [0.29, 0.717) is 5.70 Å². The molecule has 10 heteroatoms. The Kier molecular flexibility index (Phi) is 5.10. The van der Waals surface area contributed by atoms with Crippen molar-refractivity contribution in [3.05, 3.63) is 24.2 Å². The summed E-state index contributed by atoms with van der Waals surface area (Å²) in [6.07, 6.45) is -3.73. The lowest BCUT2D eigenvalue weighted by Gasteiger charge is -2.17. The van der Waals surface area contributed by atoms with E-state index in [-0.39, 0.29) is 16.6 Å². The van der Waals surface area contributed by atoms with Crippen LogP contribution in [-0.4, -0.2) is 58.1 Å². The van der Waals surface area contributed by atoms with E-state index < -0.39 is 24.2 Å².